The van der Waals surface area contributed by atoms with Crippen molar-refractivity contribution >= 4 is 22.9 Å². The summed E-state index contributed by atoms with van der Waals surface area (Å²) in [5.41, 5.74) is 3.07. The molecule has 0 saturated carbocycles. The van der Waals surface area contributed by atoms with Gasteiger partial charge >= 0.3 is 6.18 Å². The zero-order valence-corrected chi connectivity index (χ0v) is 20.3. The van der Waals surface area contributed by atoms with Crippen molar-refractivity contribution in [2.45, 2.75) is 38.6 Å². The smallest absolute Gasteiger partial charge is 0.401 e. The largest absolute Gasteiger partial charge is 0.490 e. The molecule has 2 N–H and O–H groups in total. The maximum atomic E-state index is 13.2. The predicted molar refractivity (Wildman–Crippen MR) is 129 cm³/mol. The standard InChI is InChI=1S/C23H25F3N6O2.CH4O/c1-14-12-30(6-7-31(14)13-23(24,25)26)19-10-20-16(8-15(2)34-20)9-18(19)29-22(33)17-11-28-32-5-3-4-27-21(17)32;1-2/h3-5,9-11,14-15H,6-8,12-13H2,1-2H3,(H,29,33);2H,1H3/t14-,15?;/m0./s1. The average Bonchev–Trinajstić information content (AvgIpc) is 3.42. The molecule has 1 saturated heterocycles. The monoisotopic (exact) mass is 506 g/mol. The Balaban J connectivity index is 0.00000148. The highest BCUT2D eigenvalue weighted by Crippen LogP contribution is 2.39. The summed E-state index contributed by atoms with van der Waals surface area (Å²) in [6, 6.07) is 5.20. The normalized spacial score (nSPS) is 19.9. The number of hydrogen-bond acceptors (Lipinski definition) is 7. The molecule has 0 bridgehead atoms. The quantitative estimate of drug-likeness (QED) is 0.562. The van der Waals surface area contributed by atoms with Gasteiger partial charge in [0, 0.05) is 63.2 Å². The molecule has 9 nitrogen and oxygen atoms in total. The van der Waals surface area contributed by atoms with Crippen LogP contribution in [-0.4, -0.2) is 82.1 Å². The number of halogens is 3. The number of anilines is 2. The van der Waals surface area contributed by atoms with E-state index in [4.69, 9.17) is 9.84 Å². The molecule has 1 unspecified atom stereocenters. The van der Waals surface area contributed by atoms with E-state index in [2.05, 4.69) is 15.4 Å². The van der Waals surface area contributed by atoms with E-state index in [-0.39, 0.29) is 24.6 Å². The fourth-order valence-electron chi connectivity index (χ4n) is 4.67. The van der Waals surface area contributed by atoms with Crippen molar-refractivity contribution < 1.29 is 27.8 Å². The third kappa shape index (κ3) is 5.39. The molecule has 2 aromatic heterocycles. The van der Waals surface area contributed by atoms with E-state index in [1.165, 1.54) is 15.6 Å². The molecular weight excluding hydrogens is 477 g/mol. The molecule has 36 heavy (non-hydrogen) atoms. The first-order valence-electron chi connectivity index (χ1n) is 11.6. The number of ether oxygens (including phenoxy) is 1. The summed E-state index contributed by atoms with van der Waals surface area (Å²) >= 11 is 0. The minimum atomic E-state index is -4.24. The second-order valence-corrected chi connectivity index (χ2v) is 8.89. The molecule has 5 rings (SSSR count). The summed E-state index contributed by atoms with van der Waals surface area (Å²) in [5.74, 6) is 0.383. The van der Waals surface area contributed by atoms with Crippen LogP contribution >= 0.6 is 0 Å². The molecule has 0 spiro atoms. The Kier molecular flexibility index (Phi) is 7.36. The Morgan fingerprint density at radius 2 is 2.03 bits per heavy atom. The number of benzene rings is 1. The van der Waals surface area contributed by atoms with E-state index in [1.54, 1.807) is 25.4 Å². The number of nitrogens with one attached hydrogen (secondary N) is 1. The fourth-order valence-corrected chi connectivity index (χ4v) is 4.67. The second kappa shape index (κ2) is 10.3. The highest BCUT2D eigenvalue weighted by molar-refractivity contribution is 6.09. The number of carbonyl (C=O) groups is 1. The number of amides is 1. The Bertz CT molecular complexity index is 1230. The van der Waals surface area contributed by atoms with Crippen molar-refractivity contribution in [3.8, 4) is 5.75 Å². The number of aliphatic hydroxyl groups is 1. The van der Waals surface area contributed by atoms with E-state index < -0.39 is 12.7 Å². The zero-order valence-electron chi connectivity index (χ0n) is 20.3. The van der Waals surface area contributed by atoms with Crippen molar-refractivity contribution in [2.75, 3.05) is 43.5 Å². The lowest BCUT2D eigenvalue weighted by molar-refractivity contribution is -0.150. The lowest BCUT2D eigenvalue weighted by atomic mass is 10.1. The number of carbonyl (C=O) groups excluding carboxylic acids is 1. The summed E-state index contributed by atoms with van der Waals surface area (Å²) in [6.07, 6.45) is 1.26. The number of alkyl halides is 3. The Morgan fingerprint density at radius 3 is 2.75 bits per heavy atom. The Hall–Kier alpha value is -3.38. The second-order valence-electron chi connectivity index (χ2n) is 8.89. The summed E-state index contributed by atoms with van der Waals surface area (Å²) in [6.45, 7) is 3.88. The molecule has 2 aliphatic heterocycles. The number of hydrogen-bond donors (Lipinski definition) is 2. The lowest BCUT2D eigenvalue weighted by Gasteiger charge is -2.41. The number of fused-ring (bicyclic) bond motifs is 2. The third-order valence-electron chi connectivity index (χ3n) is 6.27. The number of piperazine rings is 1. The van der Waals surface area contributed by atoms with E-state index >= 15 is 0 Å². The first-order chi connectivity index (χ1) is 17.2. The van der Waals surface area contributed by atoms with Crippen LogP contribution in [0.3, 0.4) is 0 Å². The first kappa shape index (κ1) is 25.7. The van der Waals surface area contributed by atoms with Gasteiger partial charge in [0.1, 0.15) is 17.4 Å². The molecule has 0 radical (unpaired) electrons. The van der Waals surface area contributed by atoms with Crippen molar-refractivity contribution in [3.05, 3.63) is 47.9 Å². The van der Waals surface area contributed by atoms with Gasteiger partial charge in [-0.15, -0.1) is 0 Å². The number of nitrogens with zero attached hydrogens (tertiary/aromatic N) is 5. The minimum absolute atomic E-state index is 0.0141. The van der Waals surface area contributed by atoms with E-state index in [9.17, 15) is 18.0 Å². The Morgan fingerprint density at radius 1 is 1.25 bits per heavy atom. The van der Waals surface area contributed by atoms with Gasteiger partial charge in [-0.2, -0.15) is 18.3 Å². The summed E-state index contributed by atoms with van der Waals surface area (Å²) in [7, 11) is 1.00. The van der Waals surface area contributed by atoms with Crippen LogP contribution in [0.25, 0.3) is 5.65 Å². The summed E-state index contributed by atoms with van der Waals surface area (Å²) < 4.78 is 46.3. The van der Waals surface area contributed by atoms with Crippen LogP contribution < -0.4 is 15.0 Å². The molecule has 4 heterocycles. The van der Waals surface area contributed by atoms with Gasteiger partial charge in [-0.25, -0.2) is 9.50 Å². The number of rotatable bonds is 4. The average molecular weight is 507 g/mol. The molecule has 1 aromatic carbocycles. The zero-order chi connectivity index (χ0) is 26.0. The number of aromatic nitrogens is 3. The van der Waals surface area contributed by atoms with Crippen LogP contribution in [0.1, 0.15) is 29.8 Å². The van der Waals surface area contributed by atoms with E-state index in [0.29, 0.717) is 36.4 Å². The van der Waals surface area contributed by atoms with Crippen molar-refractivity contribution in [1.29, 1.82) is 0 Å². The molecule has 2 aliphatic rings. The molecular formula is C24H29F3N6O3. The van der Waals surface area contributed by atoms with E-state index in [1.807, 2.05) is 24.0 Å². The molecule has 1 fully saturated rings. The molecule has 2 atom stereocenters. The molecule has 3 aromatic rings. The van der Waals surface area contributed by atoms with Crippen LogP contribution in [-0.2, 0) is 6.42 Å². The Labute approximate surface area is 206 Å². The van der Waals surface area contributed by atoms with Gasteiger partial charge in [-0.3, -0.25) is 9.69 Å². The van der Waals surface area contributed by atoms with Crippen molar-refractivity contribution in [3.63, 3.8) is 0 Å². The molecule has 12 heteroatoms. The number of aliphatic hydroxyl groups excluding tert-OH is 1. The third-order valence-corrected chi connectivity index (χ3v) is 6.27. The molecule has 0 aliphatic carbocycles. The van der Waals surface area contributed by atoms with E-state index in [0.717, 1.165) is 24.1 Å². The predicted octanol–water partition coefficient (Wildman–Crippen LogP) is 2.99. The summed E-state index contributed by atoms with van der Waals surface area (Å²) in [5, 5.41) is 14.2. The van der Waals surface area contributed by atoms with Gasteiger partial charge < -0.3 is 20.1 Å². The van der Waals surface area contributed by atoms with Crippen LogP contribution in [0.5, 0.6) is 5.75 Å². The highest BCUT2D eigenvalue weighted by Gasteiger charge is 2.36. The lowest BCUT2D eigenvalue weighted by Crippen LogP contribution is -2.54. The minimum Gasteiger partial charge on any atom is -0.490 e. The van der Waals surface area contributed by atoms with Gasteiger partial charge in [0.15, 0.2) is 5.65 Å². The maximum Gasteiger partial charge on any atom is 0.401 e. The van der Waals surface area contributed by atoms with Crippen LogP contribution in [0.15, 0.2) is 36.8 Å². The van der Waals surface area contributed by atoms with Crippen molar-refractivity contribution in [1.82, 2.24) is 19.5 Å². The van der Waals surface area contributed by atoms with Crippen LogP contribution in [0.4, 0.5) is 24.5 Å². The van der Waals surface area contributed by atoms with Gasteiger partial charge in [0.25, 0.3) is 5.91 Å². The van der Waals surface area contributed by atoms with Gasteiger partial charge in [-0.05, 0) is 26.0 Å². The summed E-state index contributed by atoms with van der Waals surface area (Å²) in [4.78, 5) is 20.9. The topological polar surface area (TPSA) is 95.2 Å². The van der Waals surface area contributed by atoms with Gasteiger partial charge in [-0.1, -0.05) is 0 Å². The van der Waals surface area contributed by atoms with Gasteiger partial charge in [0.2, 0.25) is 0 Å². The SMILES string of the molecule is CC1Cc2cc(NC(=O)c3cnn4cccnc34)c(N3CCN(CC(F)(F)F)[C@@H](C)C3)cc2O1.CO. The van der Waals surface area contributed by atoms with Crippen molar-refractivity contribution in [2.24, 2.45) is 0 Å². The molecule has 1 amide bonds. The maximum absolute atomic E-state index is 13.2. The van der Waals surface area contributed by atoms with Gasteiger partial charge in [0.05, 0.1) is 24.1 Å². The van der Waals surface area contributed by atoms with Crippen LogP contribution in [0, 0.1) is 0 Å². The highest BCUT2D eigenvalue weighted by atomic mass is 19.4. The first-order valence-corrected chi connectivity index (χ1v) is 11.6. The van der Waals surface area contributed by atoms with Crippen LogP contribution in [0.2, 0.25) is 0 Å². The molecule has 194 valence electrons. The fraction of sp³-hybridized carbons (Fsp3) is 0.458.